The standard InChI is InChI=1S/C13H13F3N4/c1-3-17-13-18-6-7(2)12(20-13)19-11-5-9(15)8(14)4-10(11)16/h4-6H,3H2,1-2H3,(H2,17,18,19,20). The average Bonchev–Trinajstić information content (AvgIpc) is 2.40. The summed E-state index contributed by atoms with van der Waals surface area (Å²) in [5, 5.41) is 5.54. The molecule has 0 spiro atoms. The number of aromatic nitrogens is 2. The molecule has 2 N–H and O–H groups in total. The highest BCUT2D eigenvalue weighted by molar-refractivity contribution is 5.60. The monoisotopic (exact) mass is 282 g/mol. The Hall–Kier alpha value is -2.31. The molecule has 20 heavy (non-hydrogen) atoms. The summed E-state index contributed by atoms with van der Waals surface area (Å²) in [7, 11) is 0. The number of halogens is 3. The van der Waals surface area contributed by atoms with Gasteiger partial charge in [-0.2, -0.15) is 4.98 Å². The maximum atomic E-state index is 13.6. The highest BCUT2D eigenvalue weighted by Gasteiger charge is 2.12. The normalized spacial score (nSPS) is 10.4. The molecule has 4 nitrogen and oxygen atoms in total. The quantitative estimate of drug-likeness (QED) is 0.844. The molecule has 106 valence electrons. The Morgan fingerprint density at radius 2 is 1.80 bits per heavy atom. The topological polar surface area (TPSA) is 49.8 Å². The van der Waals surface area contributed by atoms with Crippen molar-refractivity contribution in [2.75, 3.05) is 17.2 Å². The molecule has 1 aromatic heterocycles. The van der Waals surface area contributed by atoms with Crippen LogP contribution in [-0.2, 0) is 0 Å². The third kappa shape index (κ3) is 2.98. The lowest BCUT2D eigenvalue weighted by atomic mass is 10.2. The number of aryl methyl sites for hydroxylation is 1. The zero-order valence-corrected chi connectivity index (χ0v) is 11.0. The van der Waals surface area contributed by atoms with Crippen LogP contribution in [0.15, 0.2) is 18.3 Å². The molecule has 0 saturated heterocycles. The molecule has 1 heterocycles. The number of anilines is 3. The molecule has 2 rings (SSSR count). The van der Waals surface area contributed by atoms with Crippen molar-refractivity contribution in [1.29, 1.82) is 0 Å². The van der Waals surface area contributed by atoms with Crippen LogP contribution in [0.25, 0.3) is 0 Å². The van der Waals surface area contributed by atoms with Crippen LogP contribution in [0.5, 0.6) is 0 Å². The Morgan fingerprint density at radius 1 is 1.10 bits per heavy atom. The second kappa shape index (κ2) is 5.77. The third-order valence-corrected chi connectivity index (χ3v) is 2.57. The summed E-state index contributed by atoms with van der Waals surface area (Å²) in [6.07, 6.45) is 1.55. The van der Waals surface area contributed by atoms with Gasteiger partial charge >= 0.3 is 0 Å². The molecule has 0 aliphatic heterocycles. The molecule has 2 aromatic rings. The van der Waals surface area contributed by atoms with E-state index < -0.39 is 17.5 Å². The van der Waals surface area contributed by atoms with Crippen molar-refractivity contribution in [2.24, 2.45) is 0 Å². The minimum absolute atomic E-state index is 0.187. The SMILES string of the molecule is CCNc1ncc(C)c(Nc2cc(F)c(F)cc2F)n1. The fraction of sp³-hybridized carbons (Fsp3) is 0.231. The fourth-order valence-electron chi connectivity index (χ4n) is 1.56. The van der Waals surface area contributed by atoms with Crippen molar-refractivity contribution in [3.8, 4) is 0 Å². The van der Waals surface area contributed by atoms with Crippen molar-refractivity contribution in [3.63, 3.8) is 0 Å². The van der Waals surface area contributed by atoms with Crippen LogP contribution in [0, 0.1) is 24.4 Å². The Balaban J connectivity index is 2.34. The second-order valence-corrected chi connectivity index (χ2v) is 4.13. The van der Waals surface area contributed by atoms with Gasteiger partial charge in [-0.25, -0.2) is 18.2 Å². The van der Waals surface area contributed by atoms with Crippen LogP contribution < -0.4 is 10.6 Å². The Bertz CT molecular complexity index is 631. The summed E-state index contributed by atoms with van der Waals surface area (Å²) in [5.41, 5.74) is 0.462. The molecule has 1 aromatic carbocycles. The molecule has 7 heteroatoms. The van der Waals surface area contributed by atoms with Gasteiger partial charge in [-0.1, -0.05) is 0 Å². The number of nitrogens with one attached hydrogen (secondary N) is 2. The fourth-order valence-corrected chi connectivity index (χ4v) is 1.56. The van der Waals surface area contributed by atoms with E-state index in [1.54, 1.807) is 13.1 Å². The van der Waals surface area contributed by atoms with Gasteiger partial charge in [-0.05, 0) is 13.8 Å². The van der Waals surface area contributed by atoms with Crippen LogP contribution in [-0.4, -0.2) is 16.5 Å². The zero-order valence-electron chi connectivity index (χ0n) is 11.0. The van der Waals surface area contributed by atoms with E-state index in [9.17, 15) is 13.2 Å². The van der Waals surface area contributed by atoms with Gasteiger partial charge in [0.25, 0.3) is 0 Å². The molecule has 0 fully saturated rings. The molecule has 0 saturated carbocycles. The minimum Gasteiger partial charge on any atom is -0.354 e. The first-order valence-electron chi connectivity index (χ1n) is 6.00. The van der Waals surface area contributed by atoms with Gasteiger partial charge in [-0.3, -0.25) is 0 Å². The predicted molar refractivity (Wildman–Crippen MR) is 70.5 cm³/mol. The van der Waals surface area contributed by atoms with E-state index in [1.807, 2.05) is 6.92 Å². The second-order valence-electron chi connectivity index (χ2n) is 4.13. The van der Waals surface area contributed by atoms with Crippen molar-refractivity contribution >= 4 is 17.5 Å². The van der Waals surface area contributed by atoms with Gasteiger partial charge in [0.1, 0.15) is 11.6 Å². The highest BCUT2D eigenvalue weighted by atomic mass is 19.2. The lowest BCUT2D eigenvalue weighted by Gasteiger charge is -2.11. The van der Waals surface area contributed by atoms with E-state index in [0.29, 0.717) is 29.9 Å². The maximum Gasteiger partial charge on any atom is 0.224 e. The van der Waals surface area contributed by atoms with Crippen LogP contribution in [0.4, 0.5) is 30.6 Å². The Labute approximate surface area is 114 Å². The molecule has 0 bridgehead atoms. The van der Waals surface area contributed by atoms with Gasteiger partial charge in [-0.15, -0.1) is 0 Å². The Morgan fingerprint density at radius 3 is 2.50 bits per heavy atom. The number of benzene rings is 1. The summed E-state index contributed by atoms with van der Waals surface area (Å²) in [6.45, 7) is 4.23. The number of hydrogen-bond acceptors (Lipinski definition) is 4. The van der Waals surface area contributed by atoms with Gasteiger partial charge < -0.3 is 10.6 Å². The third-order valence-electron chi connectivity index (χ3n) is 2.57. The van der Waals surface area contributed by atoms with Gasteiger partial charge in [0.15, 0.2) is 11.6 Å². The summed E-state index contributed by atoms with van der Waals surface area (Å²) in [6, 6.07) is 1.23. The van der Waals surface area contributed by atoms with Gasteiger partial charge in [0.2, 0.25) is 5.95 Å². The summed E-state index contributed by atoms with van der Waals surface area (Å²) < 4.78 is 39.6. The molecule has 0 aliphatic carbocycles. The van der Waals surface area contributed by atoms with E-state index in [-0.39, 0.29) is 5.69 Å². The van der Waals surface area contributed by atoms with Crippen LogP contribution >= 0.6 is 0 Å². The molecule has 0 unspecified atom stereocenters. The molecule has 0 radical (unpaired) electrons. The summed E-state index contributed by atoms with van der Waals surface area (Å²) in [5.74, 6) is -2.58. The van der Waals surface area contributed by atoms with Crippen LogP contribution in [0.2, 0.25) is 0 Å². The molecular weight excluding hydrogens is 269 g/mol. The first-order valence-corrected chi connectivity index (χ1v) is 6.00. The van der Waals surface area contributed by atoms with E-state index in [4.69, 9.17) is 0 Å². The van der Waals surface area contributed by atoms with E-state index in [0.717, 1.165) is 6.07 Å². The van der Waals surface area contributed by atoms with E-state index in [2.05, 4.69) is 20.6 Å². The Kier molecular flexibility index (Phi) is 4.07. The smallest absolute Gasteiger partial charge is 0.224 e. The highest BCUT2D eigenvalue weighted by Crippen LogP contribution is 2.23. The summed E-state index contributed by atoms with van der Waals surface area (Å²) in [4.78, 5) is 8.17. The zero-order chi connectivity index (χ0) is 14.7. The number of rotatable bonds is 4. The minimum atomic E-state index is -1.24. The summed E-state index contributed by atoms with van der Waals surface area (Å²) >= 11 is 0. The van der Waals surface area contributed by atoms with Crippen molar-refractivity contribution in [2.45, 2.75) is 13.8 Å². The first kappa shape index (κ1) is 14.1. The maximum absolute atomic E-state index is 13.6. The molecule has 0 amide bonds. The predicted octanol–water partition coefficient (Wildman–Crippen LogP) is 3.38. The van der Waals surface area contributed by atoms with Gasteiger partial charge in [0.05, 0.1) is 5.69 Å². The first-order chi connectivity index (χ1) is 9.51. The average molecular weight is 282 g/mol. The van der Waals surface area contributed by atoms with Crippen molar-refractivity contribution in [3.05, 3.63) is 41.3 Å². The van der Waals surface area contributed by atoms with E-state index in [1.165, 1.54) is 0 Å². The van der Waals surface area contributed by atoms with E-state index >= 15 is 0 Å². The molecule has 0 atom stereocenters. The number of hydrogen-bond donors (Lipinski definition) is 2. The lowest BCUT2D eigenvalue weighted by Crippen LogP contribution is -2.06. The molecular formula is C13H13F3N4. The largest absolute Gasteiger partial charge is 0.354 e. The van der Waals surface area contributed by atoms with Crippen LogP contribution in [0.3, 0.4) is 0 Å². The van der Waals surface area contributed by atoms with Crippen LogP contribution in [0.1, 0.15) is 12.5 Å². The van der Waals surface area contributed by atoms with Crippen molar-refractivity contribution < 1.29 is 13.2 Å². The van der Waals surface area contributed by atoms with Gasteiger partial charge in [0, 0.05) is 30.4 Å². The number of nitrogens with zero attached hydrogens (tertiary/aromatic N) is 2. The van der Waals surface area contributed by atoms with Crippen molar-refractivity contribution in [1.82, 2.24) is 9.97 Å². The molecule has 0 aliphatic rings. The lowest BCUT2D eigenvalue weighted by molar-refractivity contribution is 0.496.